The van der Waals surface area contributed by atoms with E-state index in [1.807, 2.05) is 20.8 Å². The van der Waals surface area contributed by atoms with Crippen molar-refractivity contribution in [2.24, 2.45) is 28.4 Å². The lowest BCUT2D eigenvalue weighted by Gasteiger charge is -2.39. The van der Waals surface area contributed by atoms with Gasteiger partial charge in [0.2, 0.25) is 27.6 Å². The minimum absolute atomic E-state index is 0.0861. The maximum atomic E-state index is 14.7. The van der Waals surface area contributed by atoms with Crippen LogP contribution in [-0.2, 0) is 29.2 Å². The van der Waals surface area contributed by atoms with Crippen LogP contribution in [-0.4, -0.2) is 96.7 Å². The minimum Gasteiger partial charge on any atom is -0.363 e. The number of ketones is 1. The molecule has 1 unspecified atom stereocenters. The summed E-state index contributed by atoms with van der Waals surface area (Å²) in [5.41, 5.74) is 4.69. The highest BCUT2D eigenvalue weighted by atomic mass is 32.2. The zero-order chi connectivity index (χ0) is 36.7. The van der Waals surface area contributed by atoms with Gasteiger partial charge in [0.05, 0.1) is 11.8 Å². The number of Topliss-reactive ketones (excluding diaryl/α,β-unsaturated/α-hetero) is 1. The largest absolute Gasteiger partial charge is 0.363 e. The van der Waals surface area contributed by atoms with Crippen molar-refractivity contribution >= 4 is 39.6 Å². The third kappa shape index (κ3) is 11.9. The first-order valence-electron chi connectivity index (χ1n) is 18.2. The Morgan fingerprint density at radius 3 is 2.06 bits per heavy atom. The van der Waals surface area contributed by atoms with E-state index in [0.717, 1.165) is 51.4 Å². The molecule has 5 amide bonds. The Labute approximate surface area is 293 Å². The molecule has 13 nitrogen and oxygen atoms in total. The molecule has 3 aliphatic rings. The van der Waals surface area contributed by atoms with Crippen molar-refractivity contribution in [1.82, 2.24) is 25.2 Å². The molecule has 0 aromatic carbocycles. The minimum atomic E-state index is -3.39. The molecule has 2 saturated carbocycles. The highest BCUT2D eigenvalue weighted by molar-refractivity contribution is 7.89. The predicted molar refractivity (Wildman–Crippen MR) is 189 cm³/mol. The van der Waals surface area contributed by atoms with Crippen molar-refractivity contribution < 1.29 is 32.4 Å². The van der Waals surface area contributed by atoms with Gasteiger partial charge in [0.1, 0.15) is 12.1 Å². The summed E-state index contributed by atoms with van der Waals surface area (Å²) in [6, 6.07) is -4.08. The number of nitrogens with zero attached hydrogens (tertiary/aromatic N) is 2. The fourth-order valence-corrected chi connectivity index (χ4v) is 8.16. The second-order valence-corrected chi connectivity index (χ2v) is 18.5. The van der Waals surface area contributed by atoms with Crippen LogP contribution in [0.25, 0.3) is 0 Å². The quantitative estimate of drug-likeness (QED) is 0.167. The van der Waals surface area contributed by atoms with Gasteiger partial charge >= 0.3 is 6.03 Å². The van der Waals surface area contributed by atoms with Crippen molar-refractivity contribution in [3.63, 3.8) is 0 Å². The van der Waals surface area contributed by atoms with Crippen LogP contribution in [0.15, 0.2) is 0 Å². The smallest absolute Gasteiger partial charge is 0.315 e. The maximum Gasteiger partial charge on any atom is 0.315 e. The van der Waals surface area contributed by atoms with E-state index >= 15 is 0 Å². The van der Waals surface area contributed by atoms with E-state index in [1.165, 1.54) is 9.21 Å². The van der Waals surface area contributed by atoms with E-state index < -0.39 is 63.2 Å². The van der Waals surface area contributed by atoms with E-state index in [1.54, 1.807) is 6.92 Å². The Hall–Kier alpha value is -2.74. The summed E-state index contributed by atoms with van der Waals surface area (Å²) in [5.74, 6) is -2.75. The van der Waals surface area contributed by atoms with Crippen molar-refractivity contribution in [3.8, 4) is 0 Å². The Morgan fingerprint density at radius 2 is 1.55 bits per heavy atom. The monoisotopic (exact) mass is 710 g/mol. The van der Waals surface area contributed by atoms with E-state index in [2.05, 4.69) is 36.7 Å². The molecule has 5 N–H and O–H groups in total. The second kappa shape index (κ2) is 17.0. The molecule has 1 aliphatic heterocycles. The number of hydrogen-bond acceptors (Lipinski definition) is 7. The molecule has 3 fully saturated rings. The maximum absolute atomic E-state index is 14.7. The van der Waals surface area contributed by atoms with Gasteiger partial charge < -0.3 is 26.6 Å². The first kappa shape index (κ1) is 40.7. The molecule has 280 valence electrons. The van der Waals surface area contributed by atoms with Crippen LogP contribution >= 0.6 is 0 Å². The van der Waals surface area contributed by atoms with Crippen LogP contribution in [0, 0.1) is 22.7 Å². The molecule has 0 bridgehead atoms. The third-order valence-corrected chi connectivity index (χ3v) is 12.8. The Balaban J connectivity index is 1.88. The fraction of sp³-hybridized carbons (Fsp3) is 0.857. The predicted octanol–water partition coefficient (Wildman–Crippen LogP) is 3.07. The fourth-order valence-electron chi connectivity index (χ4n) is 6.62. The molecule has 14 heteroatoms. The highest BCUT2D eigenvalue weighted by Gasteiger charge is 2.41. The Morgan fingerprint density at radius 1 is 0.918 bits per heavy atom. The number of amides is 5. The van der Waals surface area contributed by atoms with Crippen LogP contribution in [0.1, 0.15) is 119 Å². The molecule has 2 aliphatic carbocycles. The summed E-state index contributed by atoms with van der Waals surface area (Å²) in [6.45, 7) is 14.4. The van der Waals surface area contributed by atoms with Crippen LogP contribution in [0.5, 0.6) is 0 Å². The molecule has 49 heavy (non-hydrogen) atoms. The molecule has 0 radical (unpaired) electrons. The van der Waals surface area contributed by atoms with Crippen LogP contribution in [0.4, 0.5) is 4.79 Å². The van der Waals surface area contributed by atoms with Gasteiger partial charge in [-0.05, 0) is 61.7 Å². The average molecular weight is 711 g/mol. The lowest BCUT2D eigenvalue weighted by Crippen LogP contribution is -2.61. The van der Waals surface area contributed by atoms with E-state index in [4.69, 9.17) is 5.73 Å². The highest BCUT2D eigenvalue weighted by Crippen LogP contribution is 2.34. The zero-order valence-electron chi connectivity index (χ0n) is 30.8. The molecule has 1 saturated heterocycles. The van der Waals surface area contributed by atoms with Crippen molar-refractivity contribution in [1.29, 1.82) is 0 Å². The lowest BCUT2D eigenvalue weighted by molar-refractivity contribution is -0.144. The second-order valence-electron chi connectivity index (χ2n) is 16.4. The number of urea groups is 1. The summed E-state index contributed by atoms with van der Waals surface area (Å²) < 4.78 is 26.6. The first-order valence-corrected chi connectivity index (χ1v) is 19.9. The SMILES string of the molecule is CCC(C)(C)CCN(C(=O)[C@@H](NC(=O)N[C@H](CN1CCCS1(=O)=O)C(C)(C)C)C1CCCCC1)[C@@H](C)C(=O)NC(CC1CC1)C(=O)C(N)=O. The van der Waals surface area contributed by atoms with Crippen molar-refractivity contribution in [2.45, 2.75) is 143 Å². The van der Waals surface area contributed by atoms with Gasteiger partial charge in [-0.3, -0.25) is 19.2 Å². The number of rotatable bonds is 17. The van der Waals surface area contributed by atoms with Crippen LogP contribution in [0.3, 0.4) is 0 Å². The number of nitrogens with one attached hydrogen (secondary N) is 3. The average Bonchev–Trinajstić information content (AvgIpc) is 3.79. The summed E-state index contributed by atoms with van der Waals surface area (Å²) >= 11 is 0. The van der Waals surface area contributed by atoms with Crippen LogP contribution in [0.2, 0.25) is 0 Å². The van der Waals surface area contributed by atoms with Crippen molar-refractivity contribution in [2.75, 3.05) is 25.4 Å². The van der Waals surface area contributed by atoms with Crippen molar-refractivity contribution in [3.05, 3.63) is 0 Å². The molecule has 0 aromatic rings. The topological polar surface area (TPSA) is 188 Å². The number of hydrogen-bond donors (Lipinski definition) is 4. The summed E-state index contributed by atoms with van der Waals surface area (Å²) in [4.78, 5) is 68.1. The molecule has 3 rings (SSSR count). The number of primary amides is 1. The zero-order valence-corrected chi connectivity index (χ0v) is 31.6. The van der Waals surface area contributed by atoms with Crippen LogP contribution < -0.4 is 21.7 Å². The molecular formula is C35H62N6O7S. The van der Waals surface area contributed by atoms with Gasteiger partial charge in [0.25, 0.3) is 5.91 Å². The molecule has 1 heterocycles. The van der Waals surface area contributed by atoms with Gasteiger partial charge in [-0.25, -0.2) is 13.2 Å². The normalized spacial score (nSPS) is 21.2. The molecule has 0 aromatic heterocycles. The number of nitrogens with two attached hydrogens (primary N) is 1. The van der Waals surface area contributed by atoms with Gasteiger partial charge in [0.15, 0.2) is 0 Å². The third-order valence-electron chi connectivity index (χ3n) is 10.9. The van der Waals surface area contributed by atoms with E-state index in [0.29, 0.717) is 25.8 Å². The van der Waals surface area contributed by atoms with E-state index in [-0.39, 0.29) is 42.0 Å². The van der Waals surface area contributed by atoms with Gasteiger partial charge in [-0.2, -0.15) is 4.31 Å². The number of carbonyl (C=O) groups is 5. The Bertz CT molecular complexity index is 1300. The first-order chi connectivity index (χ1) is 22.8. The standard InChI is InChI=1S/C35H62N6O7S/c1-8-35(6,7)17-19-41(23(2)31(44)37-26(21-24-15-16-24)29(42)30(36)43)32(45)28(25-13-10-9-11-14-25)39-33(46)38-27(34(3,4)5)22-40-18-12-20-49(40,47)48/h23-28H,8-22H2,1-7H3,(H2,36,43)(H,37,44)(H2,38,39,46)/t23-,26?,27+,28-/m0/s1. The van der Waals surface area contributed by atoms with Gasteiger partial charge in [-0.1, -0.05) is 80.1 Å². The van der Waals surface area contributed by atoms with Gasteiger partial charge in [0, 0.05) is 25.7 Å². The lowest BCUT2D eigenvalue weighted by atomic mass is 9.82. The Kier molecular flexibility index (Phi) is 14.1. The summed E-state index contributed by atoms with van der Waals surface area (Å²) in [7, 11) is -3.39. The molecule has 4 atom stereocenters. The molecular weight excluding hydrogens is 648 g/mol. The number of carbonyl (C=O) groups excluding carboxylic acids is 5. The summed E-state index contributed by atoms with van der Waals surface area (Å²) in [6.07, 6.45) is 8.43. The number of sulfonamides is 1. The van der Waals surface area contributed by atoms with Gasteiger partial charge in [-0.15, -0.1) is 0 Å². The van der Waals surface area contributed by atoms with E-state index in [9.17, 15) is 32.4 Å². The molecule has 0 spiro atoms. The summed E-state index contributed by atoms with van der Waals surface area (Å²) in [5, 5.41) is 8.68.